The maximum atomic E-state index is 13.2. The molecule has 156 valence electrons. The average molecular weight is 453 g/mol. The van der Waals surface area contributed by atoms with Crippen LogP contribution in [0, 0.1) is 0 Å². The van der Waals surface area contributed by atoms with Gasteiger partial charge >= 0.3 is 0 Å². The molecular weight excluding hydrogens is 436 g/mol. The van der Waals surface area contributed by atoms with Crippen molar-refractivity contribution in [2.24, 2.45) is 4.99 Å². The number of fused-ring (bicyclic) bond motifs is 1. The Kier molecular flexibility index (Phi) is 5.99. The predicted molar refractivity (Wildman–Crippen MR) is 121 cm³/mol. The first kappa shape index (κ1) is 21.0. The summed E-state index contributed by atoms with van der Waals surface area (Å²) in [6, 6.07) is 17.3. The topological polar surface area (TPSA) is 95.8 Å². The van der Waals surface area contributed by atoms with Crippen molar-refractivity contribution in [2.75, 3.05) is 6.61 Å². The van der Waals surface area contributed by atoms with Gasteiger partial charge in [-0.05, 0) is 23.3 Å². The van der Waals surface area contributed by atoms with Crippen LogP contribution in [-0.4, -0.2) is 36.6 Å². The number of aliphatic hydroxyl groups excluding tert-OH is 1. The van der Waals surface area contributed by atoms with E-state index < -0.39 is 22.2 Å². The first-order valence-electron chi connectivity index (χ1n) is 9.41. The highest BCUT2D eigenvalue weighted by atomic mass is 35.5. The molecule has 1 aliphatic carbocycles. The molecule has 4 rings (SSSR count). The zero-order chi connectivity index (χ0) is 22.0. The van der Waals surface area contributed by atoms with Gasteiger partial charge in [-0.1, -0.05) is 72.3 Å². The molecule has 0 fully saturated rings. The summed E-state index contributed by atoms with van der Waals surface area (Å²) >= 11 is 6.18. The number of allylic oxidation sites excluding steroid dienone is 4. The molecule has 0 aromatic heterocycles. The molecule has 1 amide bonds. The first-order chi connectivity index (χ1) is 15.0. The van der Waals surface area contributed by atoms with Crippen molar-refractivity contribution < 1.29 is 18.3 Å². The smallest absolute Gasteiger partial charge is 0.271 e. The van der Waals surface area contributed by atoms with Gasteiger partial charge < -0.3 is 10.4 Å². The van der Waals surface area contributed by atoms with Gasteiger partial charge in [0.05, 0.1) is 23.4 Å². The van der Waals surface area contributed by atoms with E-state index in [2.05, 4.69) is 10.3 Å². The van der Waals surface area contributed by atoms with E-state index in [1.807, 2.05) is 24.3 Å². The molecule has 0 unspecified atom stereocenters. The Morgan fingerprint density at radius 1 is 1.00 bits per heavy atom. The summed E-state index contributed by atoms with van der Waals surface area (Å²) < 4.78 is 23.9. The van der Waals surface area contributed by atoms with E-state index in [0.717, 1.165) is 5.56 Å². The van der Waals surface area contributed by atoms with Crippen LogP contribution in [-0.2, 0) is 15.1 Å². The van der Waals surface area contributed by atoms with Gasteiger partial charge in [-0.15, -0.1) is 0 Å². The minimum Gasteiger partial charge on any atom is -0.394 e. The molecule has 8 heteroatoms. The number of carbonyl (C=O) groups is 1. The number of rotatable bonds is 5. The van der Waals surface area contributed by atoms with Crippen molar-refractivity contribution in [1.82, 2.24) is 5.32 Å². The van der Waals surface area contributed by atoms with Crippen LogP contribution in [0.1, 0.15) is 17.2 Å². The molecule has 1 aliphatic heterocycles. The van der Waals surface area contributed by atoms with Crippen LogP contribution >= 0.6 is 11.6 Å². The molecule has 2 aromatic rings. The third-order valence-corrected chi connectivity index (χ3v) is 6.13. The average Bonchev–Trinajstić information content (AvgIpc) is 3.17. The summed E-state index contributed by atoms with van der Waals surface area (Å²) in [6.45, 7) is -0.307. The van der Waals surface area contributed by atoms with E-state index >= 15 is 0 Å². The van der Waals surface area contributed by atoms with E-state index in [1.165, 1.54) is 6.08 Å². The predicted octanol–water partition coefficient (Wildman–Crippen LogP) is 2.82. The van der Waals surface area contributed by atoms with Crippen molar-refractivity contribution in [2.45, 2.75) is 6.04 Å². The van der Waals surface area contributed by atoms with Crippen LogP contribution in [0.5, 0.6) is 0 Å². The maximum Gasteiger partial charge on any atom is 0.271 e. The molecule has 0 spiro atoms. The van der Waals surface area contributed by atoms with E-state index in [0.29, 0.717) is 16.8 Å². The number of amides is 1. The Bertz CT molecular complexity index is 1300. The summed E-state index contributed by atoms with van der Waals surface area (Å²) in [5.41, 5.74) is 2.43. The highest BCUT2D eigenvalue weighted by Gasteiger charge is 2.35. The Morgan fingerprint density at radius 3 is 2.26 bits per heavy atom. The van der Waals surface area contributed by atoms with Crippen LogP contribution in [0.15, 0.2) is 94.1 Å². The Labute approximate surface area is 185 Å². The number of nitrogens with one attached hydrogen (secondary N) is 1. The Morgan fingerprint density at radius 2 is 1.65 bits per heavy atom. The summed E-state index contributed by atoms with van der Waals surface area (Å²) in [7, 11) is -2.63. The van der Waals surface area contributed by atoms with Gasteiger partial charge in [0.15, 0.2) is 0 Å². The Hall–Kier alpha value is -3.26. The van der Waals surface area contributed by atoms with Gasteiger partial charge in [-0.3, -0.25) is 4.79 Å². The summed E-state index contributed by atoms with van der Waals surface area (Å²) in [6.07, 6.45) is 3.02. The second-order valence-electron chi connectivity index (χ2n) is 6.83. The fraction of sp³-hybridized carbons (Fsp3) is 0.0870. The van der Waals surface area contributed by atoms with E-state index in [9.17, 15) is 18.3 Å². The maximum absolute atomic E-state index is 13.2. The zero-order valence-electron chi connectivity index (χ0n) is 16.1. The van der Waals surface area contributed by atoms with Crippen molar-refractivity contribution in [1.29, 1.82) is 0 Å². The third-order valence-electron chi connectivity index (χ3n) is 4.94. The molecule has 31 heavy (non-hydrogen) atoms. The summed E-state index contributed by atoms with van der Waals surface area (Å²) in [4.78, 5) is 17.6. The molecule has 6 nitrogen and oxygen atoms in total. The lowest BCUT2D eigenvalue weighted by Crippen LogP contribution is -2.36. The normalized spacial score (nSPS) is 16.2. The van der Waals surface area contributed by atoms with Crippen LogP contribution in [0.4, 0.5) is 0 Å². The van der Waals surface area contributed by atoms with Gasteiger partial charge in [0.25, 0.3) is 5.91 Å². The highest BCUT2D eigenvalue weighted by Crippen LogP contribution is 2.38. The molecule has 1 atom stereocenters. The van der Waals surface area contributed by atoms with Gasteiger partial charge in [-0.2, -0.15) is 8.42 Å². The largest absolute Gasteiger partial charge is 0.394 e. The molecular formula is C23H17ClN2O4S. The van der Waals surface area contributed by atoms with Crippen molar-refractivity contribution >= 4 is 44.0 Å². The zero-order valence-corrected chi connectivity index (χ0v) is 17.7. The number of aliphatic hydroxyl groups is 1. The minimum atomic E-state index is -2.63. The molecule has 2 aromatic carbocycles. The molecule has 0 saturated heterocycles. The highest BCUT2D eigenvalue weighted by molar-refractivity contribution is 7.74. The number of hydrogen-bond acceptors (Lipinski definition) is 5. The fourth-order valence-corrected chi connectivity index (χ4v) is 4.48. The van der Waals surface area contributed by atoms with Crippen molar-refractivity contribution in [3.8, 4) is 0 Å². The molecule has 1 heterocycles. The SMILES string of the molecule is O=C(N[C@H](CO)c1ccccc1)C1=NC2=CC=C(Cl)C(=S(=O)=O)C2=C1c1ccccc1. The number of aliphatic imine (C=N–C) groups is 1. The number of carbonyl (C=O) groups excluding carboxylic acids is 1. The lowest BCUT2D eigenvalue weighted by atomic mass is 9.92. The van der Waals surface area contributed by atoms with Crippen LogP contribution in [0.3, 0.4) is 0 Å². The molecule has 0 radical (unpaired) electrons. The number of halogens is 1. The quantitative estimate of drug-likeness (QED) is 0.682. The van der Waals surface area contributed by atoms with Gasteiger partial charge in [0.1, 0.15) is 10.6 Å². The van der Waals surface area contributed by atoms with E-state index in [1.54, 1.807) is 42.5 Å². The molecule has 2 N–H and O–H groups in total. The fourth-order valence-electron chi connectivity index (χ4n) is 3.54. The first-order valence-corrected chi connectivity index (χ1v) is 10.9. The number of nitrogens with zero attached hydrogens (tertiary/aromatic N) is 1. The number of benzene rings is 2. The van der Waals surface area contributed by atoms with Crippen LogP contribution in [0.25, 0.3) is 5.57 Å². The summed E-state index contributed by atoms with van der Waals surface area (Å²) in [5.74, 6) is -0.531. The van der Waals surface area contributed by atoms with Crippen LogP contribution < -0.4 is 5.32 Å². The standard InChI is InChI=1S/C23H17ClN2O4S/c24-16-11-12-17-20(22(16)31(29)30)19(15-9-5-2-6-10-15)21(25-17)23(28)26-18(13-27)14-7-3-1-4-8-14/h1-12,18,27H,13H2,(H,26,28)/t18-/m1/s1. The van der Waals surface area contributed by atoms with Gasteiger partial charge in [0, 0.05) is 11.1 Å². The second kappa shape index (κ2) is 8.85. The monoisotopic (exact) mass is 452 g/mol. The molecule has 0 saturated carbocycles. The van der Waals surface area contributed by atoms with Gasteiger partial charge in [0.2, 0.25) is 10.3 Å². The van der Waals surface area contributed by atoms with Gasteiger partial charge in [-0.25, -0.2) is 4.99 Å². The van der Waals surface area contributed by atoms with Crippen LogP contribution in [0.2, 0.25) is 0 Å². The molecule has 0 bridgehead atoms. The number of hydrogen-bond donors (Lipinski definition) is 2. The third kappa shape index (κ3) is 4.03. The van der Waals surface area contributed by atoms with Crippen molar-refractivity contribution in [3.63, 3.8) is 0 Å². The van der Waals surface area contributed by atoms with Crippen molar-refractivity contribution in [3.05, 3.63) is 100 Å². The second-order valence-corrected chi connectivity index (χ2v) is 8.11. The Balaban J connectivity index is 1.82. The molecule has 2 aliphatic rings. The van der Waals surface area contributed by atoms with E-state index in [4.69, 9.17) is 11.6 Å². The lowest BCUT2D eigenvalue weighted by molar-refractivity contribution is -0.115. The lowest BCUT2D eigenvalue weighted by Gasteiger charge is -2.18. The minimum absolute atomic E-state index is 0.0508. The van der Waals surface area contributed by atoms with E-state index in [-0.39, 0.29) is 27.8 Å². The summed E-state index contributed by atoms with van der Waals surface area (Å²) in [5, 5.41) is 12.7.